The average Bonchev–Trinajstić information content (AvgIpc) is 2.78. The zero-order valence-corrected chi connectivity index (χ0v) is 20.7. The molecule has 1 aliphatic rings. The van der Waals surface area contributed by atoms with Crippen molar-refractivity contribution in [1.82, 2.24) is 4.31 Å². The Bertz CT molecular complexity index is 1180. The smallest absolute Gasteiger partial charge is 0.248 e. The number of amides is 1. The van der Waals surface area contributed by atoms with Gasteiger partial charge in [0.15, 0.2) is 0 Å². The van der Waals surface area contributed by atoms with E-state index in [0.29, 0.717) is 29.6 Å². The minimum absolute atomic E-state index is 0.105. The van der Waals surface area contributed by atoms with E-state index in [1.165, 1.54) is 40.7 Å². The monoisotopic (exact) mass is 515 g/mol. The van der Waals surface area contributed by atoms with Crippen molar-refractivity contribution in [2.24, 2.45) is 0 Å². The van der Waals surface area contributed by atoms with Crippen molar-refractivity contribution >= 4 is 48.9 Å². The summed E-state index contributed by atoms with van der Waals surface area (Å²) in [6.07, 6.45) is 1.24. The van der Waals surface area contributed by atoms with Crippen LogP contribution in [0.3, 0.4) is 0 Å². The standard InChI is InChI=1S/C21H26ClN3O6S2/c1-3-20(25(32(2,27)28)18-8-4-16(22)5-9-18)21(26)23-17-6-10-19(11-7-17)33(29,30)24-12-14-31-15-13-24/h4-11,20H,3,12-15H2,1-2H3,(H,23,26)/t20-/m0/s1. The zero-order chi connectivity index (χ0) is 24.2. The zero-order valence-electron chi connectivity index (χ0n) is 18.3. The van der Waals surface area contributed by atoms with Gasteiger partial charge in [-0.25, -0.2) is 16.8 Å². The topological polar surface area (TPSA) is 113 Å². The molecular formula is C21H26ClN3O6S2. The Balaban J connectivity index is 1.80. The molecule has 0 unspecified atom stereocenters. The Morgan fingerprint density at radius 3 is 2.15 bits per heavy atom. The van der Waals surface area contributed by atoms with Gasteiger partial charge < -0.3 is 10.1 Å². The number of ether oxygens (including phenoxy) is 1. The lowest BCUT2D eigenvalue weighted by Crippen LogP contribution is -2.47. The van der Waals surface area contributed by atoms with Gasteiger partial charge in [0.05, 0.1) is 30.1 Å². The minimum Gasteiger partial charge on any atom is -0.379 e. The number of halogens is 1. The number of nitrogens with zero attached hydrogens (tertiary/aromatic N) is 2. The minimum atomic E-state index is -3.78. The molecule has 0 spiro atoms. The van der Waals surface area contributed by atoms with E-state index < -0.39 is 32.0 Å². The van der Waals surface area contributed by atoms with Crippen LogP contribution in [-0.2, 0) is 29.6 Å². The number of morpholine rings is 1. The van der Waals surface area contributed by atoms with Crippen LogP contribution < -0.4 is 9.62 Å². The van der Waals surface area contributed by atoms with Crippen molar-refractivity contribution in [3.8, 4) is 0 Å². The van der Waals surface area contributed by atoms with Crippen LogP contribution in [0, 0.1) is 0 Å². The molecule has 2 aromatic rings. The van der Waals surface area contributed by atoms with Gasteiger partial charge in [0.1, 0.15) is 6.04 Å². The highest BCUT2D eigenvalue weighted by atomic mass is 35.5. The third kappa shape index (κ3) is 6.04. The first kappa shape index (κ1) is 25.4. The van der Waals surface area contributed by atoms with Gasteiger partial charge in [-0.1, -0.05) is 18.5 Å². The summed E-state index contributed by atoms with van der Waals surface area (Å²) in [5.74, 6) is -0.540. The molecule has 0 radical (unpaired) electrons. The molecule has 0 aromatic heterocycles. The average molecular weight is 516 g/mol. The summed E-state index contributed by atoms with van der Waals surface area (Å²) >= 11 is 5.91. The Hall–Kier alpha value is -2.18. The third-order valence-electron chi connectivity index (χ3n) is 5.14. The van der Waals surface area contributed by atoms with Crippen molar-refractivity contribution in [1.29, 1.82) is 0 Å². The molecule has 33 heavy (non-hydrogen) atoms. The van der Waals surface area contributed by atoms with Crippen LogP contribution in [0.5, 0.6) is 0 Å². The molecule has 1 saturated heterocycles. The van der Waals surface area contributed by atoms with E-state index in [2.05, 4.69) is 5.32 Å². The molecule has 3 rings (SSSR count). The number of carbonyl (C=O) groups is 1. The first-order chi connectivity index (χ1) is 15.5. The van der Waals surface area contributed by atoms with Gasteiger partial charge in [-0.3, -0.25) is 9.10 Å². The van der Waals surface area contributed by atoms with Crippen LogP contribution in [0.4, 0.5) is 11.4 Å². The summed E-state index contributed by atoms with van der Waals surface area (Å²) in [5, 5.41) is 3.13. The predicted octanol–water partition coefficient (Wildman–Crippen LogP) is 2.54. The van der Waals surface area contributed by atoms with Crippen LogP contribution in [-0.4, -0.2) is 65.6 Å². The first-order valence-electron chi connectivity index (χ1n) is 10.3. The number of hydrogen-bond acceptors (Lipinski definition) is 6. The predicted molar refractivity (Wildman–Crippen MR) is 128 cm³/mol. The van der Waals surface area contributed by atoms with Crippen LogP contribution in [0.15, 0.2) is 53.4 Å². The fourth-order valence-electron chi connectivity index (χ4n) is 3.52. The highest BCUT2D eigenvalue weighted by Gasteiger charge is 2.32. The molecule has 12 heteroatoms. The summed E-state index contributed by atoms with van der Waals surface area (Å²) in [5.41, 5.74) is 0.666. The van der Waals surface area contributed by atoms with Gasteiger partial charge in [-0.15, -0.1) is 0 Å². The second-order valence-electron chi connectivity index (χ2n) is 7.49. The second kappa shape index (κ2) is 10.4. The highest BCUT2D eigenvalue weighted by Crippen LogP contribution is 2.25. The van der Waals surface area contributed by atoms with E-state index in [-0.39, 0.29) is 24.4 Å². The highest BCUT2D eigenvalue weighted by molar-refractivity contribution is 7.92. The molecule has 1 atom stereocenters. The Labute approximate surface area is 199 Å². The van der Waals surface area contributed by atoms with Gasteiger partial charge in [-0.05, 0) is 55.0 Å². The lowest BCUT2D eigenvalue weighted by atomic mass is 10.2. The summed E-state index contributed by atoms with van der Waals surface area (Å²) in [7, 11) is -7.44. The van der Waals surface area contributed by atoms with E-state index in [0.717, 1.165) is 10.6 Å². The Morgan fingerprint density at radius 1 is 1.06 bits per heavy atom. The van der Waals surface area contributed by atoms with Gasteiger partial charge >= 0.3 is 0 Å². The van der Waals surface area contributed by atoms with E-state index in [1.807, 2.05) is 0 Å². The molecule has 2 aromatic carbocycles. The SMILES string of the molecule is CC[C@@H](C(=O)Nc1ccc(S(=O)(=O)N2CCOCC2)cc1)N(c1ccc(Cl)cc1)S(C)(=O)=O. The molecule has 1 aliphatic heterocycles. The second-order valence-corrected chi connectivity index (χ2v) is 11.7. The van der Waals surface area contributed by atoms with E-state index >= 15 is 0 Å². The number of sulfonamides is 2. The fourth-order valence-corrected chi connectivity index (χ4v) is 6.27. The van der Waals surface area contributed by atoms with Crippen molar-refractivity contribution in [3.05, 3.63) is 53.6 Å². The molecule has 1 N–H and O–H groups in total. The quantitative estimate of drug-likeness (QED) is 0.578. The molecule has 9 nitrogen and oxygen atoms in total. The maximum atomic E-state index is 13.0. The number of carbonyl (C=O) groups excluding carboxylic acids is 1. The summed E-state index contributed by atoms with van der Waals surface area (Å²) in [6, 6.07) is 10.9. The number of anilines is 2. The summed E-state index contributed by atoms with van der Waals surface area (Å²) < 4.78 is 58.1. The van der Waals surface area contributed by atoms with E-state index in [9.17, 15) is 21.6 Å². The number of benzene rings is 2. The number of hydrogen-bond donors (Lipinski definition) is 1. The van der Waals surface area contributed by atoms with Crippen LogP contribution in [0.1, 0.15) is 13.3 Å². The summed E-state index contributed by atoms with van der Waals surface area (Å²) in [4.78, 5) is 13.1. The van der Waals surface area contributed by atoms with Crippen LogP contribution in [0.2, 0.25) is 5.02 Å². The molecule has 0 bridgehead atoms. The lowest BCUT2D eigenvalue weighted by molar-refractivity contribution is -0.117. The largest absolute Gasteiger partial charge is 0.379 e. The Kier molecular flexibility index (Phi) is 8.01. The van der Waals surface area contributed by atoms with Crippen molar-refractivity contribution < 1.29 is 26.4 Å². The van der Waals surface area contributed by atoms with Crippen LogP contribution in [0.25, 0.3) is 0 Å². The molecule has 180 valence electrons. The van der Waals surface area contributed by atoms with E-state index in [4.69, 9.17) is 16.3 Å². The van der Waals surface area contributed by atoms with Crippen molar-refractivity contribution in [2.45, 2.75) is 24.3 Å². The normalized spacial score (nSPS) is 16.2. The van der Waals surface area contributed by atoms with Crippen LogP contribution >= 0.6 is 11.6 Å². The molecule has 0 saturated carbocycles. The van der Waals surface area contributed by atoms with Gasteiger partial charge in [0.2, 0.25) is 26.0 Å². The first-order valence-corrected chi connectivity index (χ1v) is 13.9. The molecular weight excluding hydrogens is 490 g/mol. The Morgan fingerprint density at radius 2 is 1.64 bits per heavy atom. The maximum absolute atomic E-state index is 13.0. The maximum Gasteiger partial charge on any atom is 0.248 e. The third-order valence-corrected chi connectivity index (χ3v) is 8.49. The van der Waals surface area contributed by atoms with Gasteiger partial charge in [0, 0.05) is 23.8 Å². The van der Waals surface area contributed by atoms with Crippen molar-refractivity contribution in [3.63, 3.8) is 0 Å². The lowest BCUT2D eigenvalue weighted by Gasteiger charge is -2.30. The van der Waals surface area contributed by atoms with Crippen molar-refractivity contribution in [2.75, 3.05) is 42.2 Å². The van der Waals surface area contributed by atoms with E-state index in [1.54, 1.807) is 19.1 Å². The molecule has 1 heterocycles. The molecule has 1 fully saturated rings. The molecule has 1 amide bonds. The summed E-state index contributed by atoms with van der Waals surface area (Å²) in [6.45, 7) is 2.96. The molecule has 0 aliphatic carbocycles. The number of nitrogens with one attached hydrogen (secondary N) is 1. The fraction of sp³-hybridized carbons (Fsp3) is 0.381. The van der Waals surface area contributed by atoms with Gasteiger partial charge in [0.25, 0.3) is 0 Å². The number of rotatable bonds is 8. The van der Waals surface area contributed by atoms with Gasteiger partial charge in [-0.2, -0.15) is 4.31 Å².